The number of nitro groups is 1. The molecule has 262 valence electrons. The molecular weight excluding hydrogens is 668 g/mol. The van der Waals surface area contributed by atoms with Crippen LogP contribution >= 0.6 is 0 Å². The maximum absolute atomic E-state index is 14.1. The molecular formula is C29H36BF6N2NaO9. The van der Waals surface area contributed by atoms with Gasteiger partial charge in [0.1, 0.15) is 17.6 Å². The predicted molar refractivity (Wildman–Crippen MR) is 158 cm³/mol. The van der Waals surface area contributed by atoms with Crippen LogP contribution in [-0.2, 0) is 33.4 Å². The van der Waals surface area contributed by atoms with Crippen LogP contribution in [0.1, 0.15) is 51.2 Å². The van der Waals surface area contributed by atoms with E-state index in [1.54, 1.807) is 6.92 Å². The fourth-order valence-corrected chi connectivity index (χ4v) is 4.57. The Kier molecular flexibility index (Phi) is 20.7. The molecule has 0 bridgehead atoms. The molecule has 1 N–H and O–H groups in total. The third kappa shape index (κ3) is 11.2. The molecule has 0 saturated carbocycles. The summed E-state index contributed by atoms with van der Waals surface area (Å²) in [6.45, 7) is 2.66. The number of hydrogen-bond donors (Lipinski definition) is 1. The van der Waals surface area contributed by atoms with Crippen LogP contribution in [0, 0.1) is 56.9 Å². The van der Waals surface area contributed by atoms with Crippen molar-refractivity contribution < 1.29 is 94.2 Å². The van der Waals surface area contributed by atoms with E-state index in [0.29, 0.717) is 18.2 Å². The van der Waals surface area contributed by atoms with Crippen LogP contribution in [0.5, 0.6) is 0 Å². The van der Waals surface area contributed by atoms with Crippen LogP contribution in [0.2, 0.25) is 0 Å². The summed E-state index contributed by atoms with van der Waals surface area (Å²) in [5, 5.41) is 13.3. The topological polar surface area (TPSA) is 151 Å². The molecule has 0 radical (unpaired) electrons. The minimum absolute atomic E-state index is 0. The Balaban J connectivity index is 0. The second-order valence-corrected chi connectivity index (χ2v) is 9.20. The molecule has 3 rings (SSSR count). The van der Waals surface area contributed by atoms with Gasteiger partial charge in [-0.05, 0) is 45.0 Å². The zero-order valence-corrected chi connectivity index (χ0v) is 27.0. The van der Waals surface area contributed by atoms with Crippen LogP contribution in [0.3, 0.4) is 0 Å². The zero-order valence-electron chi connectivity index (χ0n) is 25.0. The normalized spacial score (nSPS) is 15.2. The van der Waals surface area contributed by atoms with Crippen LogP contribution in [0.25, 0.3) is 0 Å². The average Bonchev–Trinajstić information content (AvgIpc) is 3.34. The van der Waals surface area contributed by atoms with Gasteiger partial charge in [0.05, 0.1) is 25.7 Å². The van der Waals surface area contributed by atoms with Gasteiger partial charge in [-0.2, -0.15) is 0 Å². The van der Waals surface area contributed by atoms with E-state index in [1.165, 1.54) is 13.8 Å². The first-order chi connectivity index (χ1) is 21.2. The van der Waals surface area contributed by atoms with Crippen molar-refractivity contribution in [1.82, 2.24) is 5.32 Å². The molecule has 1 saturated heterocycles. The van der Waals surface area contributed by atoms with Crippen LogP contribution in [0.15, 0.2) is 24.3 Å². The summed E-state index contributed by atoms with van der Waals surface area (Å²) in [7, 11) is 0. The minimum Gasteiger partial charge on any atom is -0.465 e. The predicted octanol–water partition coefficient (Wildman–Crippen LogP) is -0.108. The zero-order chi connectivity index (χ0) is 34.0. The van der Waals surface area contributed by atoms with E-state index in [9.17, 15) is 55.6 Å². The van der Waals surface area contributed by atoms with E-state index in [-0.39, 0.29) is 71.8 Å². The molecule has 1 fully saturated rings. The summed E-state index contributed by atoms with van der Waals surface area (Å²) in [5.41, 5.74) is -1.69. The second-order valence-electron chi connectivity index (χ2n) is 9.20. The van der Waals surface area contributed by atoms with Gasteiger partial charge < -0.3 is 19.5 Å². The standard InChI is InChI=1S/C15H16F3NO6.C13H12F3NO3.CH4.BH4.Na/c1-3-24-14(20)12(15(21)25-4-2)8(7-19(22)23)11-9(16)5-6-10(17)13(11)18;1-2-20-13(19)10-6(5-17-12(10)18)9-7(14)3-4-8(15)11(9)16;;;/h5-6,8,12H,3-4,7H2,1-2H3;3-4,6,10H,2,5H2,1H3,(H,17,18);2*1H4;/q;;;-1;+1/t8-;6-,10?;;;/m00.../s1. The van der Waals surface area contributed by atoms with Crippen molar-refractivity contribution in [1.29, 1.82) is 0 Å². The Morgan fingerprint density at radius 1 is 0.854 bits per heavy atom. The van der Waals surface area contributed by atoms with Crippen molar-refractivity contribution in [3.8, 4) is 0 Å². The first-order valence-corrected chi connectivity index (χ1v) is 13.4. The summed E-state index contributed by atoms with van der Waals surface area (Å²) < 4.78 is 96.4. The average molecular weight is 704 g/mol. The van der Waals surface area contributed by atoms with Gasteiger partial charge in [-0.25, -0.2) is 26.3 Å². The largest absolute Gasteiger partial charge is 1.00 e. The molecule has 1 aliphatic heterocycles. The Labute approximate surface area is 296 Å². The quantitative estimate of drug-likeness (QED) is 0.0494. The Morgan fingerprint density at radius 2 is 1.31 bits per heavy atom. The van der Waals surface area contributed by atoms with Crippen molar-refractivity contribution in [3.05, 3.63) is 80.4 Å². The molecule has 2 aromatic carbocycles. The molecule has 1 amide bonds. The molecule has 19 heteroatoms. The van der Waals surface area contributed by atoms with E-state index < -0.39 is 105 Å². The SMILES string of the molecule is C.CCOC(=O)C(C(=O)OCC)[C@@H](C[N+](=O)[O-])c1c(F)ccc(F)c1F.CCOC(=O)C1C(=O)NC[C@H]1c1c(F)ccc(F)c1F.[BH4-].[Na+]. The Bertz CT molecular complexity index is 1440. The molecule has 3 atom stereocenters. The number of benzene rings is 2. The van der Waals surface area contributed by atoms with Crippen LogP contribution < -0.4 is 34.9 Å². The van der Waals surface area contributed by atoms with Gasteiger partial charge in [-0.15, -0.1) is 0 Å². The number of nitrogens with zero attached hydrogens (tertiary/aromatic N) is 1. The molecule has 48 heavy (non-hydrogen) atoms. The first kappa shape index (κ1) is 46.5. The molecule has 0 aromatic heterocycles. The fourth-order valence-electron chi connectivity index (χ4n) is 4.57. The number of ether oxygens (including phenoxy) is 3. The molecule has 0 spiro atoms. The number of halogens is 6. The number of nitrogens with one attached hydrogen (secondary N) is 1. The summed E-state index contributed by atoms with van der Waals surface area (Å²) >= 11 is 0. The Morgan fingerprint density at radius 3 is 1.79 bits per heavy atom. The van der Waals surface area contributed by atoms with Gasteiger partial charge in [-0.3, -0.25) is 29.3 Å². The molecule has 1 heterocycles. The molecule has 0 aliphatic carbocycles. The van der Waals surface area contributed by atoms with E-state index in [1.807, 2.05) is 0 Å². The van der Waals surface area contributed by atoms with Gasteiger partial charge in [0.15, 0.2) is 29.2 Å². The molecule has 1 unspecified atom stereocenters. The van der Waals surface area contributed by atoms with Gasteiger partial charge >= 0.3 is 47.5 Å². The third-order valence-electron chi connectivity index (χ3n) is 6.45. The summed E-state index contributed by atoms with van der Waals surface area (Å²) in [4.78, 5) is 57.5. The van der Waals surface area contributed by atoms with Crippen molar-refractivity contribution in [3.63, 3.8) is 0 Å². The van der Waals surface area contributed by atoms with Crippen LogP contribution in [-0.4, -0.2) is 70.1 Å². The van der Waals surface area contributed by atoms with Gasteiger partial charge in [-0.1, -0.05) is 15.8 Å². The Hall–Kier alpha value is -3.64. The fraction of sp³-hybridized carbons (Fsp3) is 0.448. The summed E-state index contributed by atoms with van der Waals surface area (Å²) in [6, 6.07) is 2.45. The van der Waals surface area contributed by atoms with E-state index in [2.05, 4.69) is 14.8 Å². The number of carbonyl (C=O) groups is 4. The molecule has 1 aliphatic rings. The molecule has 11 nitrogen and oxygen atoms in total. The first-order valence-electron chi connectivity index (χ1n) is 13.4. The third-order valence-corrected chi connectivity index (χ3v) is 6.45. The van der Waals surface area contributed by atoms with Crippen molar-refractivity contribution in [2.75, 3.05) is 32.9 Å². The van der Waals surface area contributed by atoms with Crippen molar-refractivity contribution in [2.45, 2.75) is 40.0 Å². The maximum Gasteiger partial charge on any atom is 1.00 e. The second kappa shape index (κ2) is 21.4. The molecule has 2 aromatic rings. The number of esters is 3. The van der Waals surface area contributed by atoms with E-state index >= 15 is 0 Å². The number of amides is 1. The van der Waals surface area contributed by atoms with Crippen LogP contribution in [0.4, 0.5) is 26.3 Å². The van der Waals surface area contributed by atoms with Gasteiger partial charge in [0, 0.05) is 28.5 Å². The van der Waals surface area contributed by atoms with Gasteiger partial charge in [0.25, 0.3) is 0 Å². The minimum atomic E-state index is -2.02. The summed E-state index contributed by atoms with van der Waals surface area (Å²) in [5.74, 6) is -18.7. The van der Waals surface area contributed by atoms with E-state index in [4.69, 9.17) is 4.74 Å². The number of carbonyl (C=O) groups excluding carboxylic acids is 4. The number of hydrogen-bond acceptors (Lipinski definition) is 9. The monoisotopic (exact) mass is 704 g/mol. The maximum atomic E-state index is 14.1. The van der Waals surface area contributed by atoms with Crippen molar-refractivity contribution in [2.24, 2.45) is 11.8 Å². The summed E-state index contributed by atoms with van der Waals surface area (Å²) in [6.07, 6.45) is 0. The number of rotatable bonds is 11. The smallest absolute Gasteiger partial charge is 0.465 e. The van der Waals surface area contributed by atoms with Gasteiger partial charge in [0.2, 0.25) is 12.5 Å². The van der Waals surface area contributed by atoms with Crippen molar-refractivity contribution >= 4 is 32.2 Å². The van der Waals surface area contributed by atoms with E-state index in [0.717, 1.165) is 6.07 Å².